The van der Waals surface area contributed by atoms with Crippen LogP contribution in [0, 0.1) is 6.92 Å². The molecule has 3 aromatic rings. The Hall–Kier alpha value is -3.21. The number of halogens is 2. The molecule has 2 saturated heterocycles. The zero-order chi connectivity index (χ0) is 28.9. The normalized spacial score (nSPS) is 17.5. The molecular formula is C29H33Cl2N7O2S. The fraction of sp³-hybridized carbons (Fsp3) is 0.379. The molecule has 1 aromatic heterocycles. The van der Waals surface area contributed by atoms with Crippen molar-refractivity contribution in [3.8, 4) is 0 Å². The predicted molar refractivity (Wildman–Crippen MR) is 167 cm³/mol. The van der Waals surface area contributed by atoms with Gasteiger partial charge < -0.3 is 24.9 Å². The number of aryl methyl sites for hydroxylation is 1. The van der Waals surface area contributed by atoms with Gasteiger partial charge in [0, 0.05) is 74.3 Å². The summed E-state index contributed by atoms with van der Waals surface area (Å²) in [7, 11) is 0. The van der Waals surface area contributed by atoms with Gasteiger partial charge in [-0.3, -0.25) is 4.79 Å². The molecule has 2 fully saturated rings. The molecule has 216 valence electrons. The van der Waals surface area contributed by atoms with Crippen LogP contribution in [0.5, 0.6) is 0 Å². The molecule has 1 N–H and O–H groups in total. The number of nitrogens with one attached hydrogen (secondary N) is 1. The number of hydrogen-bond acceptors (Lipinski definition) is 7. The van der Waals surface area contributed by atoms with E-state index in [4.69, 9.17) is 28.2 Å². The maximum atomic E-state index is 13.0. The van der Waals surface area contributed by atoms with Crippen LogP contribution in [-0.4, -0.2) is 89.3 Å². The highest BCUT2D eigenvalue weighted by molar-refractivity contribution is 7.99. The number of benzene rings is 2. The molecule has 41 heavy (non-hydrogen) atoms. The van der Waals surface area contributed by atoms with E-state index in [2.05, 4.69) is 20.1 Å². The van der Waals surface area contributed by atoms with E-state index >= 15 is 0 Å². The third-order valence-electron chi connectivity index (χ3n) is 7.27. The van der Waals surface area contributed by atoms with Crippen molar-refractivity contribution in [1.82, 2.24) is 19.8 Å². The number of anilines is 3. The van der Waals surface area contributed by atoms with E-state index in [1.807, 2.05) is 72.2 Å². The summed E-state index contributed by atoms with van der Waals surface area (Å²) in [4.78, 5) is 43.0. The Kier molecular flexibility index (Phi) is 9.42. The molecule has 0 radical (unpaired) electrons. The first-order valence-electron chi connectivity index (χ1n) is 13.6. The molecule has 9 nitrogen and oxygen atoms in total. The Bertz CT molecular complexity index is 1400. The number of hydrogen-bond donors (Lipinski definition) is 1. The molecule has 0 spiro atoms. The summed E-state index contributed by atoms with van der Waals surface area (Å²) in [5.74, 6) is 0.980. The zero-order valence-electron chi connectivity index (χ0n) is 23.1. The Morgan fingerprint density at radius 3 is 2.44 bits per heavy atom. The van der Waals surface area contributed by atoms with Crippen molar-refractivity contribution in [2.24, 2.45) is 0 Å². The quantitative estimate of drug-likeness (QED) is 0.230. The van der Waals surface area contributed by atoms with Crippen molar-refractivity contribution in [3.05, 3.63) is 70.3 Å². The van der Waals surface area contributed by atoms with E-state index in [-0.39, 0.29) is 23.7 Å². The summed E-state index contributed by atoms with van der Waals surface area (Å²) in [6.45, 7) is 8.57. The first kappa shape index (κ1) is 29.3. The molecular weight excluding hydrogens is 581 g/mol. The lowest BCUT2D eigenvalue weighted by Gasteiger charge is -2.40. The number of rotatable bonds is 6. The topological polar surface area (TPSA) is 84.9 Å². The highest BCUT2D eigenvalue weighted by Crippen LogP contribution is 2.26. The molecule has 2 aliphatic rings. The lowest BCUT2D eigenvalue weighted by molar-refractivity contribution is -0.128. The minimum absolute atomic E-state index is 0.0365. The maximum absolute atomic E-state index is 13.0. The number of urea groups is 1. The number of carbonyl (C=O) groups is 2. The van der Waals surface area contributed by atoms with Gasteiger partial charge in [0.05, 0.1) is 5.75 Å². The van der Waals surface area contributed by atoms with Crippen molar-refractivity contribution in [3.63, 3.8) is 0 Å². The van der Waals surface area contributed by atoms with Crippen LogP contribution in [0.25, 0.3) is 0 Å². The third kappa shape index (κ3) is 7.55. The molecule has 3 amide bonds. The molecule has 5 rings (SSSR count). The van der Waals surface area contributed by atoms with Gasteiger partial charge >= 0.3 is 6.03 Å². The van der Waals surface area contributed by atoms with E-state index in [1.165, 1.54) is 11.8 Å². The number of thioether (sulfide) groups is 1. The molecule has 12 heteroatoms. The van der Waals surface area contributed by atoms with Gasteiger partial charge in [0.1, 0.15) is 11.0 Å². The van der Waals surface area contributed by atoms with E-state index in [9.17, 15) is 9.59 Å². The van der Waals surface area contributed by atoms with Gasteiger partial charge in [0.15, 0.2) is 5.16 Å². The van der Waals surface area contributed by atoms with Gasteiger partial charge in [0.2, 0.25) is 5.91 Å². The molecule has 2 aliphatic heterocycles. The average Bonchev–Trinajstić information content (AvgIpc) is 2.95. The second-order valence-corrected chi connectivity index (χ2v) is 12.0. The van der Waals surface area contributed by atoms with Crippen molar-refractivity contribution in [1.29, 1.82) is 0 Å². The zero-order valence-corrected chi connectivity index (χ0v) is 25.4. The van der Waals surface area contributed by atoms with Crippen LogP contribution < -0.4 is 15.1 Å². The third-order valence-corrected chi connectivity index (χ3v) is 8.53. The lowest BCUT2D eigenvalue weighted by atomic mass is 10.2. The summed E-state index contributed by atoms with van der Waals surface area (Å²) >= 11 is 13.8. The Morgan fingerprint density at radius 2 is 1.71 bits per heavy atom. The number of nitrogens with zero attached hydrogens (tertiary/aromatic N) is 6. The van der Waals surface area contributed by atoms with E-state index in [0.717, 1.165) is 30.0 Å². The van der Waals surface area contributed by atoms with Gasteiger partial charge in [-0.2, -0.15) is 0 Å². The standard InChI is InChI=1S/C29H33Cl2N7O2S/c1-20-5-3-7-23(15-20)32-29(40)38-14-13-37(18-21(38)2)26-17-25(31)33-28(34-26)41-19-27(39)36-11-9-35(10-12-36)24-8-4-6-22(30)16-24/h3-8,15-17,21H,9-14,18-19H2,1-2H3,(H,32,40)/t21-/m1/s1. The van der Waals surface area contributed by atoms with Crippen LogP contribution in [0.15, 0.2) is 59.8 Å². The monoisotopic (exact) mass is 613 g/mol. The molecule has 0 saturated carbocycles. The summed E-state index contributed by atoms with van der Waals surface area (Å²) in [6.07, 6.45) is 0. The lowest BCUT2D eigenvalue weighted by Crippen LogP contribution is -2.55. The van der Waals surface area contributed by atoms with E-state index in [0.29, 0.717) is 53.9 Å². The number of carbonyl (C=O) groups excluding carboxylic acids is 2. The minimum Gasteiger partial charge on any atom is -0.368 e. The Morgan fingerprint density at radius 1 is 0.951 bits per heavy atom. The summed E-state index contributed by atoms with van der Waals surface area (Å²) in [5.41, 5.74) is 2.94. The molecule has 1 atom stereocenters. The molecule has 3 heterocycles. The maximum Gasteiger partial charge on any atom is 0.322 e. The van der Waals surface area contributed by atoms with Gasteiger partial charge in [-0.05, 0) is 49.7 Å². The van der Waals surface area contributed by atoms with Crippen LogP contribution >= 0.6 is 35.0 Å². The van der Waals surface area contributed by atoms with Gasteiger partial charge in [0.25, 0.3) is 0 Å². The Balaban J connectivity index is 1.13. The smallest absolute Gasteiger partial charge is 0.322 e. The van der Waals surface area contributed by atoms with Crippen LogP contribution in [0.3, 0.4) is 0 Å². The first-order valence-corrected chi connectivity index (χ1v) is 15.3. The van der Waals surface area contributed by atoms with Crippen molar-refractivity contribution >= 4 is 64.1 Å². The highest BCUT2D eigenvalue weighted by Gasteiger charge is 2.29. The SMILES string of the molecule is Cc1cccc(NC(=O)N2CCN(c3cc(Cl)nc(SCC(=O)N4CCN(c5cccc(Cl)c5)CC4)n3)C[C@H]2C)c1. The van der Waals surface area contributed by atoms with E-state index in [1.54, 1.807) is 6.07 Å². The second-order valence-electron chi connectivity index (χ2n) is 10.3. The molecule has 2 aromatic carbocycles. The first-order chi connectivity index (χ1) is 19.7. The molecule has 0 bridgehead atoms. The molecule has 0 aliphatic carbocycles. The van der Waals surface area contributed by atoms with Crippen LogP contribution in [-0.2, 0) is 4.79 Å². The fourth-order valence-corrected chi connectivity index (χ4v) is 6.27. The Labute approximate surface area is 254 Å². The summed E-state index contributed by atoms with van der Waals surface area (Å²) < 4.78 is 0. The largest absolute Gasteiger partial charge is 0.368 e. The van der Waals surface area contributed by atoms with E-state index < -0.39 is 0 Å². The molecule has 0 unspecified atom stereocenters. The van der Waals surface area contributed by atoms with Crippen molar-refractivity contribution in [2.45, 2.75) is 25.0 Å². The second kappa shape index (κ2) is 13.2. The minimum atomic E-state index is -0.119. The predicted octanol–water partition coefficient (Wildman–Crippen LogP) is 5.28. The van der Waals surface area contributed by atoms with Gasteiger partial charge in [-0.15, -0.1) is 0 Å². The number of piperazine rings is 2. The van der Waals surface area contributed by atoms with Crippen LogP contribution in [0.2, 0.25) is 10.2 Å². The van der Waals surface area contributed by atoms with Crippen LogP contribution in [0.1, 0.15) is 12.5 Å². The van der Waals surface area contributed by atoms with Gasteiger partial charge in [-0.1, -0.05) is 53.2 Å². The van der Waals surface area contributed by atoms with Crippen molar-refractivity contribution in [2.75, 3.05) is 66.7 Å². The number of amides is 3. The highest BCUT2D eigenvalue weighted by atomic mass is 35.5. The summed E-state index contributed by atoms with van der Waals surface area (Å²) in [6, 6.07) is 17.1. The average molecular weight is 615 g/mol. The summed E-state index contributed by atoms with van der Waals surface area (Å²) in [5, 5.41) is 4.49. The van der Waals surface area contributed by atoms with Crippen LogP contribution in [0.4, 0.5) is 22.0 Å². The number of aromatic nitrogens is 2. The fourth-order valence-electron chi connectivity index (χ4n) is 5.10. The van der Waals surface area contributed by atoms with Crippen molar-refractivity contribution < 1.29 is 9.59 Å². The van der Waals surface area contributed by atoms with Gasteiger partial charge in [-0.25, -0.2) is 14.8 Å².